The van der Waals surface area contributed by atoms with Gasteiger partial charge in [0.05, 0.1) is 15.9 Å². The quantitative estimate of drug-likeness (QED) is 0.694. The maximum atomic E-state index is 12.1. The predicted octanol–water partition coefficient (Wildman–Crippen LogP) is 2.89. The lowest BCUT2D eigenvalue weighted by molar-refractivity contribution is 0.0962. The molecular formula is C15H15N3O2S. The number of carbonyl (C=O) groups is 1. The van der Waals surface area contributed by atoms with Crippen LogP contribution in [0, 0.1) is 20.8 Å². The van der Waals surface area contributed by atoms with Crippen molar-refractivity contribution < 1.29 is 9.32 Å². The zero-order chi connectivity index (χ0) is 15.1. The fourth-order valence-electron chi connectivity index (χ4n) is 2.40. The molecule has 0 N–H and O–H groups in total. The number of carbonyl (C=O) groups excluding carboxylic acids is 1. The normalized spacial score (nSPS) is 12.3. The summed E-state index contributed by atoms with van der Waals surface area (Å²) < 4.78 is 8.02. The minimum absolute atomic E-state index is 0.165. The van der Waals surface area contributed by atoms with Crippen LogP contribution in [-0.2, 0) is 7.05 Å². The molecule has 0 bridgehead atoms. The Bertz CT molecular complexity index is 915. The number of thiazole rings is 1. The van der Waals surface area contributed by atoms with Crippen LogP contribution in [0.15, 0.2) is 27.7 Å². The SMILES string of the molecule is Cc1cc(C)c2c(c1)sc(=NC(=O)c1cc(C)no1)n2C. The van der Waals surface area contributed by atoms with E-state index in [0.717, 1.165) is 10.2 Å². The van der Waals surface area contributed by atoms with Crippen molar-refractivity contribution in [3.8, 4) is 0 Å². The van der Waals surface area contributed by atoms with Crippen molar-refractivity contribution >= 4 is 27.5 Å². The minimum atomic E-state index is -0.410. The third-order valence-electron chi connectivity index (χ3n) is 3.27. The van der Waals surface area contributed by atoms with Crippen molar-refractivity contribution in [3.63, 3.8) is 0 Å². The summed E-state index contributed by atoms with van der Waals surface area (Å²) in [5, 5.41) is 3.71. The molecule has 3 aromatic rings. The number of fused-ring (bicyclic) bond motifs is 1. The fourth-order valence-corrected chi connectivity index (χ4v) is 3.59. The van der Waals surface area contributed by atoms with Crippen LogP contribution in [0.1, 0.15) is 27.4 Å². The van der Waals surface area contributed by atoms with E-state index in [-0.39, 0.29) is 5.76 Å². The zero-order valence-electron chi connectivity index (χ0n) is 12.3. The first-order chi connectivity index (χ1) is 9.95. The summed E-state index contributed by atoms with van der Waals surface area (Å²) in [6.45, 7) is 5.89. The lowest BCUT2D eigenvalue weighted by atomic mass is 10.1. The van der Waals surface area contributed by atoms with Gasteiger partial charge in [0.2, 0.25) is 5.76 Å². The third kappa shape index (κ3) is 2.42. The lowest BCUT2D eigenvalue weighted by Gasteiger charge is -2.01. The van der Waals surface area contributed by atoms with E-state index in [1.54, 1.807) is 13.0 Å². The third-order valence-corrected chi connectivity index (χ3v) is 4.35. The molecule has 0 radical (unpaired) electrons. The van der Waals surface area contributed by atoms with Crippen LogP contribution in [0.25, 0.3) is 10.2 Å². The van der Waals surface area contributed by atoms with Gasteiger partial charge in [-0.15, -0.1) is 0 Å². The molecule has 0 saturated heterocycles. The second kappa shape index (κ2) is 4.96. The fraction of sp³-hybridized carbons (Fsp3) is 0.267. The number of amides is 1. The number of aromatic nitrogens is 2. The second-order valence-electron chi connectivity index (χ2n) is 5.12. The van der Waals surface area contributed by atoms with Crippen LogP contribution < -0.4 is 4.80 Å². The summed E-state index contributed by atoms with van der Waals surface area (Å²) >= 11 is 1.50. The average Bonchev–Trinajstić information content (AvgIpc) is 2.94. The van der Waals surface area contributed by atoms with Gasteiger partial charge in [-0.05, 0) is 38.0 Å². The highest BCUT2D eigenvalue weighted by atomic mass is 32.1. The Kier molecular flexibility index (Phi) is 3.25. The molecule has 0 saturated carbocycles. The van der Waals surface area contributed by atoms with Crippen molar-refractivity contribution in [1.29, 1.82) is 0 Å². The first-order valence-electron chi connectivity index (χ1n) is 6.55. The van der Waals surface area contributed by atoms with Crippen LogP contribution in [0.5, 0.6) is 0 Å². The first kappa shape index (κ1) is 13.8. The maximum absolute atomic E-state index is 12.1. The molecule has 0 fully saturated rings. The molecule has 0 spiro atoms. The molecule has 1 aromatic carbocycles. The summed E-state index contributed by atoms with van der Waals surface area (Å²) in [6.07, 6.45) is 0. The van der Waals surface area contributed by atoms with Gasteiger partial charge in [0.25, 0.3) is 0 Å². The van der Waals surface area contributed by atoms with Crippen LogP contribution in [0.3, 0.4) is 0 Å². The maximum Gasteiger partial charge on any atom is 0.318 e. The van der Waals surface area contributed by atoms with E-state index < -0.39 is 5.91 Å². The molecule has 21 heavy (non-hydrogen) atoms. The molecule has 0 aliphatic heterocycles. The number of aryl methyl sites for hydroxylation is 4. The monoisotopic (exact) mass is 301 g/mol. The topological polar surface area (TPSA) is 60.4 Å². The number of benzene rings is 1. The van der Waals surface area contributed by atoms with Crippen LogP contribution in [0.2, 0.25) is 0 Å². The van der Waals surface area contributed by atoms with Crippen molar-refractivity contribution in [2.24, 2.45) is 12.0 Å². The number of hydrogen-bond acceptors (Lipinski definition) is 4. The highest BCUT2D eigenvalue weighted by Gasteiger charge is 2.12. The smallest absolute Gasteiger partial charge is 0.318 e. The van der Waals surface area contributed by atoms with E-state index in [4.69, 9.17) is 4.52 Å². The second-order valence-corrected chi connectivity index (χ2v) is 6.13. The first-order valence-corrected chi connectivity index (χ1v) is 7.36. The Morgan fingerprint density at radius 2 is 2.05 bits per heavy atom. The van der Waals surface area contributed by atoms with Gasteiger partial charge in [0.1, 0.15) is 0 Å². The van der Waals surface area contributed by atoms with Gasteiger partial charge >= 0.3 is 5.91 Å². The Morgan fingerprint density at radius 1 is 1.29 bits per heavy atom. The lowest BCUT2D eigenvalue weighted by Crippen LogP contribution is -2.13. The van der Waals surface area contributed by atoms with Crippen molar-refractivity contribution in [1.82, 2.24) is 9.72 Å². The molecule has 5 nitrogen and oxygen atoms in total. The van der Waals surface area contributed by atoms with Crippen LogP contribution >= 0.6 is 11.3 Å². The summed E-state index contributed by atoms with van der Waals surface area (Å²) in [4.78, 5) is 16.9. The van der Waals surface area contributed by atoms with Crippen molar-refractivity contribution in [2.75, 3.05) is 0 Å². The molecule has 0 aliphatic rings. The summed E-state index contributed by atoms with van der Waals surface area (Å²) in [6, 6.07) is 5.82. The van der Waals surface area contributed by atoms with E-state index in [1.807, 2.05) is 11.6 Å². The Hall–Kier alpha value is -2.21. The van der Waals surface area contributed by atoms with Gasteiger partial charge in [-0.1, -0.05) is 22.6 Å². The van der Waals surface area contributed by atoms with E-state index in [9.17, 15) is 4.79 Å². The Labute approximate surface area is 125 Å². The van der Waals surface area contributed by atoms with Gasteiger partial charge < -0.3 is 9.09 Å². The number of nitrogens with zero attached hydrogens (tertiary/aromatic N) is 3. The summed E-state index contributed by atoms with van der Waals surface area (Å²) in [5.74, 6) is -0.245. The van der Waals surface area contributed by atoms with Gasteiger partial charge in [-0.2, -0.15) is 4.99 Å². The Morgan fingerprint density at radius 3 is 2.71 bits per heavy atom. The molecule has 2 aromatic heterocycles. The zero-order valence-corrected chi connectivity index (χ0v) is 13.1. The van der Waals surface area contributed by atoms with E-state index in [0.29, 0.717) is 10.5 Å². The van der Waals surface area contributed by atoms with Crippen LogP contribution in [0.4, 0.5) is 0 Å². The largest absolute Gasteiger partial charge is 0.351 e. The van der Waals surface area contributed by atoms with Crippen molar-refractivity contribution in [2.45, 2.75) is 20.8 Å². The average molecular weight is 301 g/mol. The van der Waals surface area contributed by atoms with Crippen LogP contribution in [-0.4, -0.2) is 15.6 Å². The highest BCUT2D eigenvalue weighted by molar-refractivity contribution is 7.16. The molecule has 0 aliphatic carbocycles. The Balaban J connectivity index is 2.16. The van der Waals surface area contributed by atoms with Gasteiger partial charge in [-0.3, -0.25) is 4.79 Å². The molecule has 0 unspecified atom stereocenters. The molecule has 6 heteroatoms. The van der Waals surface area contributed by atoms with E-state index in [2.05, 4.69) is 36.1 Å². The molecular weight excluding hydrogens is 286 g/mol. The minimum Gasteiger partial charge on any atom is -0.351 e. The molecule has 108 valence electrons. The summed E-state index contributed by atoms with van der Waals surface area (Å²) in [7, 11) is 1.92. The standard InChI is InChI=1S/C15H15N3O2S/c1-8-5-9(2)13-12(6-8)21-15(18(13)4)16-14(19)11-7-10(3)17-20-11/h5-7H,1-4H3. The molecule has 2 heterocycles. The molecule has 1 amide bonds. The number of hydrogen-bond donors (Lipinski definition) is 0. The van der Waals surface area contributed by atoms with E-state index >= 15 is 0 Å². The highest BCUT2D eigenvalue weighted by Crippen LogP contribution is 2.22. The van der Waals surface area contributed by atoms with Gasteiger partial charge in [0, 0.05) is 13.1 Å². The molecule has 3 rings (SSSR count). The molecule has 0 atom stereocenters. The number of rotatable bonds is 1. The van der Waals surface area contributed by atoms with Gasteiger partial charge in [0.15, 0.2) is 4.80 Å². The van der Waals surface area contributed by atoms with Crippen molar-refractivity contribution in [3.05, 3.63) is 45.6 Å². The van der Waals surface area contributed by atoms with Gasteiger partial charge in [-0.25, -0.2) is 0 Å². The predicted molar refractivity (Wildman–Crippen MR) is 81.4 cm³/mol. The summed E-state index contributed by atoms with van der Waals surface area (Å²) in [5.41, 5.74) is 4.14. The van der Waals surface area contributed by atoms with E-state index in [1.165, 1.54) is 22.5 Å².